The number of thiazole rings is 1. The van der Waals surface area contributed by atoms with Gasteiger partial charge in [-0.1, -0.05) is 0 Å². The number of rotatable bonds is 2. The topological polar surface area (TPSA) is 71.5 Å². The number of ether oxygens (including phenoxy) is 1. The van der Waals surface area contributed by atoms with Crippen LogP contribution >= 0.6 is 11.3 Å². The maximum absolute atomic E-state index is 10.8. The number of carboxylic acids is 1. The third-order valence-electron chi connectivity index (χ3n) is 2.21. The quantitative estimate of drug-likeness (QED) is 0.774. The van der Waals surface area contributed by atoms with Crippen LogP contribution in [0.4, 0.5) is 0 Å². The highest BCUT2D eigenvalue weighted by Gasteiger charge is 2.28. The molecule has 0 saturated carbocycles. The Bertz CT molecular complexity index is 366. The highest BCUT2D eigenvalue weighted by Crippen LogP contribution is 2.22. The molecule has 2 atom stereocenters. The van der Waals surface area contributed by atoms with E-state index in [4.69, 9.17) is 9.84 Å². The summed E-state index contributed by atoms with van der Waals surface area (Å²) >= 11 is 1.56. The van der Waals surface area contributed by atoms with Crippen molar-refractivity contribution in [3.05, 3.63) is 16.1 Å². The molecule has 1 aromatic rings. The number of aromatic nitrogens is 1. The first kappa shape index (κ1) is 10.5. The molecule has 0 radical (unpaired) electrons. The first-order chi connectivity index (χ1) is 7.16. The van der Waals surface area contributed by atoms with Gasteiger partial charge in [0.2, 0.25) is 0 Å². The van der Waals surface area contributed by atoms with E-state index in [1.54, 1.807) is 17.5 Å². The Balaban J connectivity index is 2.07. The predicted molar refractivity (Wildman–Crippen MR) is 55.0 cm³/mol. The van der Waals surface area contributed by atoms with Gasteiger partial charge < -0.3 is 9.84 Å². The van der Waals surface area contributed by atoms with Gasteiger partial charge in [-0.15, -0.1) is 11.3 Å². The Kier molecular flexibility index (Phi) is 2.99. The molecule has 0 bridgehead atoms. The van der Waals surface area contributed by atoms with E-state index in [0.29, 0.717) is 6.61 Å². The fraction of sp³-hybridized carbons (Fsp3) is 0.556. The van der Waals surface area contributed by atoms with Crippen LogP contribution < -0.4 is 5.32 Å². The molecule has 2 heterocycles. The van der Waals surface area contributed by atoms with Gasteiger partial charge in [0, 0.05) is 11.1 Å². The van der Waals surface area contributed by atoms with Crippen molar-refractivity contribution in [2.45, 2.75) is 19.0 Å². The molecular weight excluding hydrogens is 216 g/mol. The standard InChI is InChI=1S/C9H12N2O3S/c1-5-2-10-8(15-5)6-3-14-4-7(11-6)9(12)13/h2,6-7,11H,3-4H2,1H3,(H,12,13). The Hall–Kier alpha value is -0.980. The molecule has 5 nitrogen and oxygen atoms in total. The lowest BCUT2D eigenvalue weighted by atomic mass is 10.2. The molecule has 2 unspecified atom stereocenters. The number of aryl methyl sites for hydroxylation is 1. The Morgan fingerprint density at radius 1 is 1.73 bits per heavy atom. The molecule has 82 valence electrons. The number of carboxylic acid groups (broad SMARTS) is 1. The van der Waals surface area contributed by atoms with Crippen LogP contribution in [0.2, 0.25) is 0 Å². The van der Waals surface area contributed by atoms with Crippen LogP contribution in [0.25, 0.3) is 0 Å². The molecule has 1 aromatic heterocycles. The van der Waals surface area contributed by atoms with Gasteiger partial charge in [-0.05, 0) is 6.92 Å². The maximum atomic E-state index is 10.8. The molecule has 1 aliphatic heterocycles. The van der Waals surface area contributed by atoms with E-state index in [1.165, 1.54) is 0 Å². The van der Waals surface area contributed by atoms with E-state index in [0.717, 1.165) is 9.88 Å². The number of hydrogen-bond acceptors (Lipinski definition) is 5. The molecule has 1 fully saturated rings. The van der Waals surface area contributed by atoms with Crippen molar-refractivity contribution < 1.29 is 14.6 Å². The molecule has 0 spiro atoms. The third-order valence-corrected chi connectivity index (χ3v) is 3.23. The summed E-state index contributed by atoms with van der Waals surface area (Å²) in [5.74, 6) is -0.882. The van der Waals surface area contributed by atoms with Gasteiger partial charge >= 0.3 is 5.97 Å². The lowest BCUT2D eigenvalue weighted by molar-refractivity contribution is -0.143. The maximum Gasteiger partial charge on any atom is 0.323 e. The van der Waals surface area contributed by atoms with E-state index in [9.17, 15) is 4.79 Å². The number of nitrogens with zero attached hydrogens (tertiary/aromatic N) is 1. The molecule has 2 N–H and O–H groups in total. The lowest BCUT2D eigenvalue weighted by Gasteiger charge is -2.27. The first-order valence-corrected chi connectivity index (χ1v) is 5.47. The van der Waals surface area contributed by atoms with Gasteiger partial charge in [0.25, 0.3) is 0 Å². The molecule has 1 saturated heterocycles. The van der Waals surface area contributed by atoms with Crippen LogP contribution in [0.1, 0.15) is 15.9 Å². The van der Waals surface area contributed by atoms with Gasteiger partial charge in [-0.25, -0.2) is 4.98 Å². The van der Waals surface area contributed by atoms with E-state index in [-0.39, 0.29) is 12.6 Å². The molecule has 6 heteroatoms. The average Bonchev–Trinajstić information content (AvgIpc) is 2.65. The smallest absolute Gasteiger partial charge is 0.323 e. The van der Waals surface area contributed by atoms with Crippen molar-refractivity contribution in [1.29, 1.82) is 0 Å². The molecule has 2 rings (SSSR count). The van der Waals surface area contributed by atoms with Crippen LogP contribution in [0.3, 0.4) is 0 Å². The third kappa shape index (κ3) is 2.34. The number of hydrogen-bond donors (Lipinski definition) is 2. The largest absolute Gasteiger partial charge is 0.480 e. The van der Waals surface area contributed by atoms with Gasteiger partial charge in [0.15, 0.2) is 0 Å². The summed E-state index contributed by atoms with van der Waals surface area (Å²) in [7, 11) is 0. The second-order valence-electron chi connectivity index (χ2n) is 3.46. The summed E-state index contributed by atoms with van der Waals surface area (Å²) in [6.07, 6.45) is 1.78. The number of nitrogens with one attached hydrogen (secondary N) is 1. The summed E-state index contributed by atoms with van der Waals surface area (Å²) in [4.78, 5) is 16.1. The van der Waals surface area contributed by atoms with Crippen LogP contribution in [0.5, 0.6) is 0 Å². The van der Waals surface area contributed by atoms with Crippen molar-refractivity contribution in [1.82, 2.24) is 10.3 Å². The Morgan fingerprint density at radius 3 is 3.13 bits per heavy atom. The summed E-state index contributed by atoms with van der Waals surface area (Å²) in [5, 5.41) is 12.7. The van der Waals surface area contributed by atoms with Crippen molar-refractivity contribution in [3.8, 4) is 0 Å². The normalized spacial score (nSPS) is 26.5. The fourth-order valence-electron chi connectivity index (χ4n) is 1.46. The molecule has 0 aromatic carbocycles. The van der Waals surface area contributed by atoms with Crippen molar-refractivity contribution in [3.63, 3.8) is 0 Å². The molecule has 0 amide bonds. The van der Waals surface area contributed by atoms with E-state index >= 15 is 0 Å². The van der Waals surface area contributed by atoms with E-state index < -0.39 is 12.0 Å². The minimum atomic E-state index is -0.882. The summed E-state index contributed by atoms with van der Waals surface area (Å²) in [6, 6.07) is -0.730. The SMILES string of the molecule is Cc1cnc(C2COCC(C(=O)O)N2)s1. The van der Waals surface area contributed by atoms with Crippen LogP contribution in [0.15, 0.2) is 6.20 Å². The first-order valence-electron chi connectivity index (χ1n) is 4.66. The predicted octanol–water partition coefficient (Wildman–Crippen LogP) is 0.566. The fourth-order valence-corrected chi connectivity index (χ4v) is 2.28. The van der Waals surface area contributed by atoms with Gasteiger partial charge in [-0.2, -0.15) is 0 Å². The highest BCUT2D eigenvalue weighted by molar-refractivity contribution is 7.11. The molecule has 15 heavy (non-hydrogen) atoms. The number of morpholine rings is 1. The molecular formula is C9H12N2O3S. The van der Waals surface area contributed by atoms with Crippen molar-refractivity contribution in [2.24, 2.45) is 0 Å². The van der Waals surface area contributed by atoms with Crippen LogP contribution in [-0.4, -0.2) is 35.3 Å². The van der Waals surface area contributed by atoms with Crippen molar-refractivity contribution in [2.75, 3.05) is 13.2 Å². The highest BCUT2D eigenvalue weighted by atomic mass is 32.1. The van der Waals surface area contributed by atoms with Crippen molar-refractivity contribution >= 4 is 17.3 Å². The molecule has 1 aliphatic rings. The Labute approximate surface area is 91.1 Å². The zero-order chi connectivity index (χ0) is 10.8. The minimum absolute atomic E-state index is 0.0986. The summed E-state index contributed by atoms with van der Waals surface area (Å²) in [6.45, 7) is 2.67. The second-order valence-corrected chi connectivity index (χ2v) is 4.72. The summed E-state index contributed by atoms with van der Waals surface area (Å²) in [5.41, 5.74) is 0. The number of aliphatic carboxylic acids is 1. The zero-order valence-electron chi connectivity index (χ0n) is 8.27. The van der Waals surface area contributed by atoms with Gasteiger partial charge in [0.1, 0.15) is 11.0 Å². The van der Waals surface area contributed by atoms with E-state index in [2.05, 4.69) is 10.3 Å². The lowest BCUT2D eigenvalue weighted by Crippen LogP contribution is -2.48. The number of carbonyl (C=O) groups is 1. The monoisotopic (exact) mass is 228 g/mol. The summed E-state index contributed by atoms with van der Waals surface area (Å²) < 4.78 is 5.24. The van der Waals surface area contributed by atoms with E-state index in [1.807, 2.05) is 6.92 Å². The van der Waals surface area contributed by atoms with Gasteiger partial charge in [0.05, 0.1) is 19.3 Å². The zero-order valence-corrected chi connectivity index (χ0v) is 9.08. The van der Waals surface area contributed by atoms with Gasteiger partial charge in [-0.3, -0.25) is 10.1 Å². The second kappa shape index (κ2) is 4.26. The van der Waals surface area contributed by atoms with Crippen LogP contribution in [0, 0.1) is 6.92 Å². The minimum Gasteiger partial charge on any atom is -0.480 e. The average molecular weight is 228 g/mol. The van der Waals surface area contributed by atoms with Crippen LogP contribution in [-0.2, 0) is 9.53 Å². The Morgan fingerprint density at radius 2 is 2.53 bits per heavy atom. The molecule has 0 aliphatic carbocycles.